The first-order valence-electron chi connectivity index (χ1n) is 8.19. The Hall–Kier alpha value is -1.96. The fraction of sp³-hybridized carbons (Fsp3) is 0.529. The van der Waals surface area contributed by atoms with E-state index in [0.717, 1.165) is 5.56 Å². The van der Waals surface area contributed by atoms with Crippen LogP contribution in [0.3, 0.4) is 0 Å². The second-order valence-corrected chi connectivity index (χ2v) is 5.83. The SMILES string of the molecule is COCCNC(=O)CN1CCN(C(=O)C(N)c2ccccc2)CC1. The molecule has 1 aromatic carbocycles. The van der Waals surface area contributed by atoms with Gasteiger partial charge < -0.3 is 20.7 Å². The first-order valence-corrected chi connectivity index (χ1v) is 8.19. The zero-order valence-electron chi connectivity index (χ0n) is 14.1. The standard InChI is InChI=1S/C17H26N4O3/c1-24-12-7-19-15(22)13-20-8-10-21(11-9-20)17(23)16(18)14-5-3-2-4-6-14/h2-6,16H,7-13,18H2,1H3,(H,19,22). The van der Waals surface area contributed by atoms with Crippen molar-refractivity contribution in [3.63, 3.8) is 0 Å². The summed E-state index contributed by atoms with van der Waals surface area (Å²) >= 11 is 0. The van der Waals surface area contributed by atoms with Crippen LogP contribution in [-0.2, 0) is 14.3 Å². The number of benzene rings is 1. The topological polar surface area (TPSA) is 87.9 Å². The second kappa shape index (κ2) is 9.36. The lowest BCUT2D eigenvalue weighted by molar-refractivity contribution is -0.134. The van der Waals surface area contributed by atoms with E-state index < -0.39 is 6.04 Å². The number of nitrogens with one attached hydrogen (secondary N) is 1. The van der Waals surface area contributed by atoms with Gasteiger partial charge in [0.05, 0.1) is 13.2 Å². The Balaban J connectivity index is 1.76. The van der Waals surface area contributed by atoms with Gasteiger partial charge in [-0.25, -0.2) is 0 Å². The smallest absolute Gasteiger partial charge is 0.244 e. The van der Waals surface area contributed by atoms with Crippen molar-refractivity contribution in [2.24, 2.45) is 5.73 Å². The molecule has 0 saturated carbocycles. The van der Waals surface area contributed by atoms with Gasteiger partial charge in [-0.3, -0.25) is 14.5 Å². The van der Waals surface area contributed by atoms with Crippen molar-refractivity contribution in [1.29, 1.82) is 0 Å². The number of hydrogen-bond acceptors (Lipinski definition) is 5. The number of methoxy groups -OCH3 is 1. The Bertz CT molecular complexity index is 530. The van der Waals surface area contributed by atoms with Crippen molar-refractivity contribution >= 4 is 11.8 Å². The van der Waals surface area contributed by atoms with Crippen LogP contribution in [0.2, 0.25) is 0 Å². The minimum Gasteiger partial charge on any atom is -0.383 e. The minimum atomic E-state index is -0.630. The molecule has 0 bridgehead atoms. The molecule has 7 nitrogen and oxygen atoms in total. The highest BCUT2D eigenvalue weighted by Crippen LogP contribution is 2.14. The molecule has 2 amide bonds. The molecule has 0 aliphatic carbocycles. The Morgan fingerprint density at radius 2 is 1.88 bits per heavy atom. The maximum absolute atomic E-state index is 12.5. The van der Waals surface area contributed by atoms with Gasteiger partial charge in [-0.2, -0.15) is 0 Å². The average Bonchev–Trinajstić information content (AvgIpc) is 2.62. The highest BCUT2D eigenvalue weighted by molar-refractivity contribution is 5.83. The Labute approximate surface area is 142 Å². The summed E-state index contributed by atoms with van der Waals surface area (Å²) in [6.45, 7) is 3.88. The molecule has 7 heteroatoms. The summed E-state index contributed by atoms with van der Waals surface area (Å²) in [5.74, 6) is -0.0850. The lowest BCUT2D eigenvalue weighted by Gasteiger charge is -2.35. The van der Waals surface area contributed by atoms with Gasteiger partial charge >= 0.3 is 0 Å². The van der Waals surface area contributed by atoms with Gasteiger partial charge in [0.1, 0.15) is 6.04 Å². The quantitative estimate of drug-likeness (QED) is 0.662. The number of carbonyl (C=O) groups excluding carboxylic acids is 2. The predicted octanol–water partition coefficient (Wildman–Crippen LogP) is -0.407. The minimum absolute atomic E-state index is 0.0205. The lowest BCUT2D eigenvalue weighted by atomic mass is 10.1. The van der Waals surface area contributed by atoms with Crippen molar-refractivity contribution in [1.82, 2.24) is 15.1 Å². The van der Waals surface area contributed by atoms with E-state index in [1.54, 1.807) is 12.0 Å². The normalized spacial score (nSPS) is 16.7. The maximum Gasteiger partial charge on any atom is 0.244 e. The first-order chi connectivity index (χ1) is 11.6. The van der Waals surface area contributed by atoms with Crippen LogP contribution in [0.5, 0.6) is 0 Å². The number of amides is 2. The van der Waals surface area contributed by atoms with Crippen molar-refractivity contribution in [2.75, 3.05) is 53.0 Å². The van der Waals surface area contributed by atoms with Crippen molar-refractivity contribution < 1.29 is 14.3 Å². The van der Waals surface area contributed by atoms with E-state index in [1.807, 2.05) is 35.2 Å². The van der Waals surface area contributed by atoms with E-state index in [4.69, 9.17) is 10.5 Å². The number of piperazine rings is 1. The van der Waals surface area contributed by atoms with E-state index in [0.29, 0.717) is 45.9 Å². The number of nitrogens with two attached hydrogens (primary N) is 1. The van der Waals surface area contributed by atoms with Gasteiger partial charge in [0.25, 0.3) is 0 Å². The molecular formula is C17H26N4O3. The number of ether oxygens (including phenoxy) is 1. The summed E-state index contributed by atoms with van der Waals surface area (Å²) in [6, 6.07) is 8.75. The van der Waals surface area contributed by atoms with E-state index in [-0.39, 0.29) is 11.8 Å². The van der Waals surface area contributed by atoms with Gasteiger partial charge in [0.2, 0.25) is 11.8 Å². The second-order valence-electron chi connectivity index (χ2n) is 5.83. The zero-order valence-corrected chi connectivity index (χ0v) is 14.1. The Morgan fingerprint density at radius 3 is 2.50 bits per heavy atom. The van der Waals surface area contributed by atoms with Gasteiger partial charge in [0, 0.05) is 39.8 Å². The van der Waals surface area contributed by atoms with E-state index in [9.17, 15) is 9.59 Å². The summed E-state index contributed by atoms with van der Waals surface area (Å²) in [6.07, 6.45) is 0. The van der Waals surface area contributed by atoms with Crippen molar-refractivity contribution in [3.05, 3.63) is 35.9 Å². The van der Waals surface area contributed by atoms with Crippen LogP contribution in [0.15, 0.2) is 30.3 Å². The summed E-state index contributed by atoms with van der Waals surface area (Å²) in [4.78, 5) is 28.1. The largest absolute Gasteiger partial charge is 0.383 e. The summed E-state index contributed by atoms with van der Waals surface area (Å²) in [5.41, 5.74) is 6.89. The summed E-state index contributed by atoms with van der Waals surface area (Å²) < 4.78 is 4.90. The Kier molecular flexibility index (Phi) is 7.17. The number of hydrogen-bond donors (Lipinski definition) is 2. The van der Waals surface area contributed by atoms with Gasteiger partial charge in [-0.15, -0.1) is 0 Å². The molecule has 0 aromatic heterocycles. The number of rotatable bonds is 7. The van der Waals surface area contributed by atoms with Crippen molar-refractivity contribution in [2.45, 2.75) is 6.04 Å². The molecule has 1 aromatic rings. The third-order valence-corrected chi connectivity index (χ3v) is 4.10. The van der Waals surface area contributed by atoms with Crippen LogP contribution in [0.4, 0.5) is 0 Å². The monoisotopic (exact) mass is 334 g/mol. The molecular weight excluding hydrogens is 308 g/mol. The molecule has 1 heterocycles. The predicted molar refractivity (Wildman–Crippen MR) is 91.3 cm³/mol. The van der Waals surface area contributed by atoms with E-state index in [1.165, 1.54) is 0 Å². The molecule has 1 fully saturated rings. The van der Waals surface area contributed by atoms with E-state index >= 15 is 0 Å². The molecule has 0 radical (unpaired) electrons. The first kappa shape index (κ1) is 18.4. The molecule has 1 unspecified atom stereocenters. The number of carbonyl (C=O) groups is 2. The lowest BCUT2D eigenvalue weighted by Crippen LogP contribution is -2.52. The highest BCUT2D eigenvalue weighted by atomic mass is 16.5. The van der Waals surface area contributed by atoms with Gasteiger partial charge in [-0.1, -0.05) is 30.3 Å². The third kappa shape index (κ3) is 5.30. The summed E-state index contributed by atoms with van der Waals surface area (Å²) in [5, 5.41) is 2.80. The van der Waals surface area contributed by atoms with Crippen LogP contribution in [0, 0.1) is 0 Å². The molecule has 1 atom stereocenters. The average molecular weight is 334 g/mol. The molecule has 1 saturated heterocycles. The third-order valence-electron chi connectivity index (χ3n) is 4.10. The molecule has 1 aliphatic heterocycles. The van der Waals surface area contributed by atoms with Crippen LogP contribution in [0.25, 0.3) is 0 Å². The van der Waals surface area contributed by atoms with Gasteiger partial charge in [0.15, 0.2) is 0 Å². The zero-order chi connectivity index (χ0) is 17.4. The number of nitrogens with zero attached hydrogens (tertiary/aromatic N) is 2. The molecule has 132 valence electrons. The fourth-order valence-corrected chi connectivity index (χ4v) is 2.68. The highest BCUT2D eigenvalue weighted by Gasteiger charge is 2.26. The van der Waals surface area contributed by atoms with Gasteiger partial charge in [-0.05, 0) is 5.56 Å². The molecule has 2 rings (SSSR count). The summed E-state index contributed by atoms with van der Waals surface area (Å²) in [7, 11) is 1.60. The van der Waals surface area contributed by atoms with Crippen LogP contribution >= 0.6 is 0 Å². The van der Waals surface area contributed by atoms with Crippen LogP contribution < -0.4 is 11.1 Å². The van der Waals surface area contributed by atoms with Crippen LogP contribution in [-0.4, -0.2) is 74.6 Å². The van der Waals surface area contributed by atoms with Crippen LogP contribution in [0.1, 0.15) is 11.6 Å². The molecule has 1 aliphatic rings. The Morgan fingerprint density at radius 1 is 1.21 bits per heavy atom. The van der Waals surface area contributed by atoms with E-state index in [2.05, 4.69) is 5.32 Å². The fourth-order valence-electron chi connectivity index (χ4n) is 2.68. The molecule has 0 spiro atoms. The van der Waals surface area contributed by atoms with Crippen molar-refractivity contribution in [3.8, 4) is 0 Å². The molecule has 3 N–H and O–H groups in total. The molecule has 24 heavy (non-hydrogen) atoms. The maximum atomic E-state index is 12.5.